The molecule has 4 heteroatoms. The van der Waals surface area contributed by atoms with E-state index in [0.717, 1.165) is 0 Å². The van der Waals surface area contributed by atoms with Gasteiger partial charge in [-0.3, -0.25) is 0 Å². The second-order valence-corrected chi connectivity index (χ2v) is 9.70. The number of benzene rings is 3. The summed E-state index contributed by atoms with van der Waals surface area (Å²) < 4.78 is 9.01. The van der Waals surface area contributed by atoms with Crippen LogP contribution in [0.2, 0.25) is 5.31 Å². The van der Waals surface area contributed by atoms with Gasteiger partial charge in [0, 0.05) is 20.4 Å². The normalized spacial score (nSPS) is 12.9. The largest absolute Gasteiger partial charge is 0.430 e. The molecule has 0 unspecified atom stereocenters. The van der Waals surface area contributed by atoms with Gasteiger partial charge in [-0.1, -0.05) is 67.8 Å². The van der Waals surface area contributed by atoms with Crippen LogP contribution in [0.1, 0.15) is 27.7 Å². The second-order valence-electron chi connectivity index (χ2n) is 8.64. The lowest BCUT2D eigenvalue weighted by Crippen LogP contribution is -2.40. The van der Waals surface area contributed by atoms with Crippen LogP contribution in [0.5, 0.6) is 0 Å². The number of thiophene rings is 1. The van der Waals surface area contributed by atoms with Crippen molar-refractivity contribution in [1.29, 1.82) is 0 Å². The van der Waals surface area contributed by atoms with Crippen LogP contribution in [0.4, 0.5) is 0 Å². The summed E-state index contributed by atoms with van der Waals surface area (Å²) in [6, 6.07) is 19.9. The van der Waals surface area contributed by atoms with Gasteiger partial charge in [0.25, 0.3) is 0 Å². The minimum Gasteiger partial charge on any atom is -0.430 e. The average Bonchev–Trinajstić information content (AvgIpc) is 2.97. The third kappa shape index (κ3) is 2.95. The molecule has 130 valence electrons. The first-order valence-electron chi connectivity index (χ1n) is 9.23. The molecule has 4 aromatic rings. The van der Waals surface area contributed by atoms with Gasteiger partial charge in [-0.15, -0.1) is 11.3 Å². The zero-order chi connectivity index (χ0) is 18.5. The van der Waals surface area contributed by atoms with Crippen molar-refractivity contribution >= 4 is 63.1 Å². The molecule has 0 atom stereocenters. The van der Waals surface area contributed by atoms with Gasteiger partial charge in [-0.2, -0.15) is 0 Å². The van der Waals surface area contributed by atoms with Gasteiger partial charge in [-0.25, -0.2) is 0 Å². The van der Waals surface area contributed by atoms with Gasteiger partial charge >= 0.3 is 7.48 Å². The number of rotatable bonds is 4. The summed E-state index contributed by atoms with van der Waals surface area (Å²) in [5, 5.41) is 5.44. The van der Waals surface area contributed by atoms with Gasteiger partial charge in [0.05, 0.1) is 0 Å². The molecule has 0 aliphatic rings. The Morgan fingerprint density at radius 2 is 1.65 bits per heavy atom. The Balaban J connectivity index is 1.75. The van der Waals surface area contributed by atoms with E-state index < -0.39 is 0 Å². The third-order valence-corrected chi connectivity index (χ3v) is 7.05. The summed E-state index contributed by atoms with van der Waals surface area (Å²) in [7, 11) is 2.87. The quantitative estimate of drug-likeness (QED) is 0.476. The van der Waals surface area contributed by atoms with Gasteiger partial charge in [0.1, 0.15) is 7.85 Å². The molecule has 0 saturated carbocycles. The zero-order valence-corrected chi connectivity index (χ0v) is 17.0. The highest BCUT2D eigenvalue weighted by molar-refractivity contribution is 7.26. The molecule has 26 heavy (non-hydrogen) atoms. The van der Waals surface area contributed by atoms with Crippen LogP contribution in [-0.2, 0) is 4.65 Å². The molecule has 3 aromatic carbocycles. The predicted molar refractivity (Wildman–Crippen MR) is 121 cm³/mol. The van der Waals surface area contributed by atoms with E-state index in [-0.39, 0.29) is 10.9 Å². The highest BCUT2D eigenvalue weighted by Gasteiger charge is 2.33. The van der Waals surface area contributed by atoms with Crippen LogP contribution in [0.15, 0.2) is 54.6 Å². The first-order valence-corrected chi connectivity index (χ1v) is 10.0. The predicted octanol–water partition coefficient (Wildman–Crippen LogP) is 4.81. The molecule has 0 amide bonds. The van der Waals surface area contributed by atoms with Crippen molar-refractivity contribution in [3.8, 4) is 0 Å². The number of hydrogen-bond donors (Lipinski definition) is 0. The molecule has 1 nitrogen and oxygen atoms in total. The van der Waals surface area contributed by atoms with Gasteiger partial charge in [0.2, 0.25) is 0 Å². The molecule has 1 heterocycles. The Hall–Kier alpha value is -1.77. The topological polar surface area (TPSA) is 9.23 Å². The van der Waals surface area contributed by atoms with E-state index in [1.54, 1.807) is 0 Å². The molecule has 0 aliphatic carbocycles. The number of fused-ring (bicyclic) bond motifs is 5. The molecule has 0 N–H and O–H groups in total. The molecular formula is C22H24B2OS. The molecule has 0 aliphatic heterocycles. The molecule has 0 bridgehead atoms. The van der Waals surface area contributed by atoms with Crippen molar-refractivity contribution < 1.29 is 4.65 Å². The van der Waals surface area contributed by atoms with Crippen LogP contribution in [-0.4, -0.2) is 20.9 Å². The molecule has 1 aromatic heterocycles. The monoisotopic (exact) mass is 358 g/mol. The van der Waals surface area contributed by atoms with Crippen LogP contribution < -0.4 is 5.46 Å². The first kappa shape index (κ1) is 17.6. The lowest BCUT2D eigenvalue weighted by molar-refractivity contribution is 0.0767. The maximum Gasteiger partial charge on any atom is 0.309 e. The summed E-state index contributed by atoms with van der Waals surface area (Å²) in [6.07, 6.45) is 0. The van der Waals surface area contributed by atoms with E-state index in [0.29, 0.717) is 7.48 Å². The van der Waals surface area contributed by atoms with Crippen molar-refractivity contribution in [3.63, 3.8) is 0 Å². The lowest BCUT2D eigenvalue weighted by atomic mass is 9.61. The smallest absolute Gasteiger partial charge is 0.309 e. The van der Waals surface area contributed by atoms with Gasteiger partial charge in [-0.05, 0) is 41.4 Å². The molecule has 4 rings (SSSR count). The lowest BCUT2D eigenvalue weighted by Gasteiger charge is -2.39. The second kappa shape index (κ2) is 6.14. The summed E-state index contributed by atoms with van der Waals surface area (Å²) in [4.78, 5) is 0. The fraction of sp³-hybridized carbons (Fsp3) is 0.273. The van der Waals surface area contributed by atoms with E-state index in [2.05, 4.69) is 90.1 Å². The van der Waals surface area contributed by atoms with Gasteiger partial charge < -0.3 is 4.65 Å². The van der Waals surface area contributed by atoms with E-state index in [4.69, 9.17) is 4.65 Å². The Bertz CT molecular complexity index is 1110. The Morgan fingerprint density at radius 3 is 2.42 bits per heavy atom. The summed E-state index contributed by atoms with van der Waals surface area (Å²) in [5.74, 6) is 0. The van der Waals surface area contributed by atoms with E-state index in [1.807, 2.05) is 11.3 Å². The summed E-state index contributed by atoms with van der Waals surface area (Å²) in [5.41, 5.74) is 1.07. The Labute approximate surface area is 161 Å². The summed E-state index contributed by atoms with van der Waals surface area (Å²) >= 11 is 1.89. The molecule has 0 fully saturated rings. The molecular weight excluding hydrogens is 334 g/mol. The van der Waals surface area contributed by atoms with Gasteiger partial charge in [0.15, 0.2) is 0 Å². The maximum atomic E-state index is 6.29. The highest BCUT2D eigenvalue weighted by Crippen LogP contribution is 2.38. The Kier molecular flexibility index (Phi) is 4.17. The Morgan fingerprint density at radius 1 is 0.885 bits per heavy atom. The highest BCUT2D eigenvalue weighted by atomic mass is 32.1. The van der Waals surface area contributed by atoms with E-state index in [1.165, 1.54) is 36.4 Å². The summed E-state index contributed by atoms with van der Waals surface area (Å²) in [6.45, 7) is 8.82. The standard InChI is InChI=1S/C22H24B2OS/c1-21(2,23)22(3,4)25-24-15-10-12-19-18(13-15)17-11-9-14-7-5-6-8-16(14)20(17)26-19/h5-13,24H,23H2,1-4H3. The number of hydrogen-bond acceptors (Lipinski definition) is 2. The van der Waals surface area contributed by atoms with E-state index >= 15 is 0 Å². The molecule has 0 saturated heterocycles. The fourth-order valence-electron chi connectivity index (χ4n) is 3.12. The van der Waals surface area contributed by atoms with Crippen molar-refractivity contribution in [2.75, 3.05) is 0 Å². The van der Waals surface area contributed by atoms with Crippen molar-refractivity contribution in [3.05, 3.63) is 54.6 Å². The van der Waals surface area contributed by atoms with Crippen molar-refractivity contribution in [2.45, 2.75) is 38.6 Å². The average molecular weight is 358 g/mol. The van der Waals surface area contributed by atoms with Crippen molar-refractivity contribution in [1.82, 2.24) is 0 Å². The minimum absolute atomic E-state index is 0.102. The fourth-order valence-corrected chi connectivity index (χ4v) is 4.34. The maximum absolute atomic E-state index is 6.29. The molecule has 0 spiro atoms. The van der Waals surface area contributed by atoms with Crippen LogP contribution in [0, 0.1) is 0 Å². The van der Waals surface area contributed by atoms with Crippen LogP contribution in [0.3, 0.4) is 0 Å². The van der Waals surface area contributed by atoms with E-state index in [9.17, 15) is 0 Å². The SMILES string of the molecule is BC(C)(C)C(C)(C)OBc1ccc2sc3c4ccccc4ccc3c2c1. The van der Waals surface area contributed by atoms with Crippen molar-refractivity contribution in [2.24, 2.45) is 0 Å². The zero-order valence-electron chi connectivity index (χ0n) is 16.2. The minimum atomic E-state index is -0.172. The third-order valence-electron chi connectivity index (χ3n) is 5.83. The molecule has 0 radical (unpaired) electrons. The first-order chi connectivity index (χ1) is 12.3. The van der Waals surface area contributed by atoms with Crippen LogP contribution in [0.25, 0.3) is 30.9 Å². The van der Waals surface area contributed by atoms with Crippen LogP contribution >= 0.6 is 11.3 Å².